The molecule has 25 heavy (non-hydrogen) atoms. The maximum absolute atomic E-state index is 13.0. The van der Waals surface area contributed by atoms with Crippen molar-refractivity contribution in [2.45, 2.75) is 6.92 Å². The van der Waals surface area contributed by atoms with Crippen LogP contribution in [0.3, 0.4) is 0 Å². The predicted octanol–water partition coefficient (Wildman–Crippen LogP) is 4.06. The van der Waals surface area contributed by atoms with Gasteiger partial charge in [-0.3, -0.25) is 9.59 Å². The topological polar surface area (TPSA) is 49.7 Å². The number of fused-ring (bicyclic) bond motifs is 1. The summed E-state index contributed by atoms with van der Waals surface area (Å²) in [6, 6.07) is 22.5. The van der Waals surface area contributed by atoms with Crippen LogP contribution in [0.25, 0.3) is 10.8 Å². The highest BCUT2D eigenvalue weighted by molar-refractivity contribution is 6.30. The molecular weight excluding hydrogens is 312 g/mol. The molecule has 4 heteroatoms. The Morgan fingerprint density at radius 1 is 0.920 bits per heavy atom. The molecule has 0 radical (unpaired) electrons. The Labute approximate surface area is 145 Å². The van der Waals surface area contributed by atoms with Crippen molar-refractivity contribution < 1.29 is 9.59 Å². The molecule has 1 unspecified atom stereocenters. The first kappa shape index (κ1) is 15.3. The van der Waals surface area contributed by atoms with Crippen molar-refractivity contribution in [2.24, 2.45) is 11.0 Å². The summed E-state index contributed by atoms with van der Waals surface area (Å²) in [4.78, 5) is 25.7. The second-order valence-corrected chi connectivity index (χ2v) is 6.09. The van der Waals surface area contributed by atoms with Crippen LogP contribution in [0.4, 0.5) is 5.69 Å². The molecule has 3 aromatic rings. The lowest BCUT2D eigenvalue weighted by molar-refractivity contribution is -0.118. The van der Waals surface area contributed by atoms with E-state index in [1.165, 1.54) is 5.01 Å². The number of ketones is 1. The molecule has 0 aromatic heterocycles. The number of hydrazone groups is 1. The zero-order valence-electron chi connectivity index (χ0n) is 13.7. The lowest BCUT2D eigenvalue weighted by atomic mass is 9.92. The fraction of sp³-hybridized carbons (Fsp3) is 0.0952. The van der Waals surface area contributed by atoms with E-state index in [9.17, 15) is 9.59 Å². The minimum atomic E-state index is -0.860. The summed E-state index contributed by atoms with van der Waals surface area (Å²) in [5.74, 6) is -1.38. The molecule has 1 aliphatic heterocycles. The van der Waals surface area contributed by atoms with Crippen molar-refractivity contribution in [3.05, 3.63) is 78.4 Å². The van der Waals surface area contributed by atoms with Gasteiger partial charge in [-0.05, 0) is 35.9 Å². The van der Waals surface area contributed by atoms with Gasteiger partial charge < -0.3 is 0 Å². The van der Waals surface area contributed by atoms with Gasteiger partial charge in [0.15, 0.2) is 5.78 Å². The summed E-state index contributed by atoms with van der Waals surface area (Å²) in [5, 5.41) is 7.67. The Morgan fingerprint density at radius 2 is 1.60 bits per heavy atom. The number of Topliss-reactive ketones (excluding diaryl/α,β-unsaturated/α-hetero) is 1. The van der Waals surface area contributed by atoms with Gasteiger partial charge in [0.2, 0.25) is 0 Å². The standard InChI is InChI=1S/C21H16N2O2/c1-14-19(21(25)23(22-14)18-9-3-2-4-10-18)20(24)17-12-11-15-7-5-6-8-16(15)13-17/h2-13,19H,1H3. The second kappa shape index (κ2) is 5.98. The molecule has 3 aromatic carbocycles. The Hall–Kier alpha value is -3.27. The normalized spacial score (nSPS) is 17.0. The quantitative estimate of drug-likeness (QED) is 0.538. The van der Waals surface area contributed by atoms with Gasteiger partial charge in [0.1, 0.15) is 5.92 Å². The molecule has 1 aliphatic rings. The third-order valence-corrected chi connectivity index (χ3v) is 4.43. The SMILES string of the molecule is CC1=NN(c2ccccc2)C(=O)C1C(=O)c1ccc2ccccc2c1. The molecule has 0 N–H and O–H groups in total. The van der Waals surface area contributed by atoms with Gasteiger partial charge in [-0.1, -0.05) is 54.6 Å². The third-order valence-electron chi connectivity index (χ3n) is 4.43. The van der Waals surface area contributed by atoms with Crippen LogP contribution >= 0.6 is 0 Å². The highest BCUT2D eigenvalue weighted by Crippen LogP contribution is 2.27. The van der Waals surface area contributed by atoms with Gasteiger partial charge in [-0.25, -0.2) is 0 Å². The first-order chi connectivity index (χ1) is 12.1. The number of nitrogens with zero attached hydrogens (tertiary/aromatic N) is 2. The van der Waals surface area contributed by atoms with Crippen LogP contribution in [0, 0.1) is 5.92 Å². The zero-order chi connectivity index (χ0) is 17.4. The average Bonchev–Trinajstić information content (AvgIpc) is 2.95. The molecule has 0 bridgehead atoms. The molecule has 0 spiro atoms. The van der Waals surface area contributed by atoms with Crippen LogP contribution in [-0.2, 0) is 4.79 Å². The fourth-order valence-electron chi connectivity index (χ4n) is 3.13. The van der Waals surface area contributed by atoms with Crippen LogP contribution in [0.2, 0.25) is 0 Å². The third kappa shape index (κ3) is 2.62. The number of hydrogen-bond donors (Lipinski definition) is 0. The summed E-state index contributed by atoms with van der Waals surface area (Å²) in [7, 11) is 0. The van der Waals surface area contributed by atoms with Crippen LogP contribution in [-0.4, -0.2) is 17.4 Å². The molecule has 0 saturated carbocycles. The Balaban J connectivity index is 1.68. The largest absolute Gasteiger partial charge is 0.293 e. The lowest BCUT2D eigenvalue weighted by Crippen LogP contribution is -2.32. The number of anilines is 1. The molecule has 1 heterocycles. The van der Waals surface area contributed by atoms with Crippen molar-refractivity contribution in [1.82, 2.24) is 0 Å². The summed E-state index contributed by atoms with van der Waals surface area (Å²) < 4.78 is 0. The fourth-order valence-corrected chi connectivity index (χ4v) is 3.13. The number of hydrogen-bond acceptors (Lipinski definition) is 3. The van der Waals surface area contributed by atoms with Crippen LogP contribution in [0.15, 0.2) is 77.9 Å². The maximum Gasteiger partial charge on any atom is 0.264 e. The van der Waals surface area contributed by atoms with E-state index >= 15 is 0 Å². The zero-order valence-corrected chi connectivity index (χ0v) is 13.7. The smallest absolute Gasteiger partial charge is 0.264 e. The van der Waals surface area contributed by atoms with E-state index in [1.54, 1.807) is 25.1 Å². The van der Waals surface area contributed by atoms with Crippen molar-refractivity contribution in [1.29, 1.82) is 0 Å². The van der Waals surface area contributed by atoms with Gasteiger partial charge in [-0.2, -0.15) is 10.1 Å². The van der Waals surface area contributed by atoms with E-state index in [4.69, 9.17) is 0 Å². The second-order valence-electron chi connectivity index (χ2n) is 6.09. The molecule has 1 amide bonds. The molecule has 0 aliphatic carbocycles. The Bertz CT molecular complexity index is 1010. The first-order valence-electron chi connectivity index (χ1n) is 8.12. The lowest BCUT2D eigenvalue weighted by Gasteiger charge is -2.14. The van der Waals surface area contributed by atoms with Gasteiger partial charge >= 0.3 is 0 Å². The van der Waals surface area contributed by atoms with E-state index in [1.807, 2.05) is 54.6 Å². The van der Waals surface area contributed by atoms with E-state index < -0.39 is 5.92 Å². The van der Waals surface area contributed by atoms with Crippen molar-refractivity contribution in [3.8, 4) is 0 Å². The molecule has 1 atom stereocenters. The molecular formula is C21H16N2O2. The van der Waals surface area contributed by atoms with Gasteiger partial charge in [0, 0.05) is 5.56 Å². The van der Waals surface area contributed by atoms with Gasteiger partial charge in [0.25, 0.3) is 5.91 Å². The Kier molecular flexibility index (Phi) is 3.65. The number of rotatable bonds is 3. The predicted molar refractivity (Wildman–Crippen MR) is 98.8 cm³/mol. The van der Waals surface area contributed by atoms with Gasteiger partial charge in [-0.15, -0.1) is 0 Å². The first-order valence-corrected chi connectivity index (χ1v) is 8.12. The molecule has 0 saturated heterocycles. The maximum atomic E-state index is 13.0. The number of carbonyl (C=O) groups excluding carboxylic acids is 2. The molecule has 4 rings (SSSR count). The molecule has 122 valence electrons. The summed E-state index contributed by atoms with van der Waals surface area (Å²) >= 11 is 0. The average molecular weight is 328 g/mol. The number of benzene rings is 3. The van der Waals surface area contributed by atoms with E-state index in [0.29, 0.717) is 17.0 Å². The van der Waals surface area contributed by atoms with Crippen molar-refractivity contribution in [2.75, 3.05) is 5.01 Å². The van der Waals surface area contributed by atoms with E-state index in [-0.39, 0.29) is 11.7 Å². The highest BCUT2D eigenvalue weighted by Gasteiger charge is 2.39. The van der Waals surface area contributed by atoms with Gasteiger partial charge in [0.05, 0.1) is 11.4 Å². The van der Waals surface area contributed by atoms with E-state index in [2.05, 4.69) is 5.10 Å². The monoisotopic (exact) mass is 328 g/mol. The number of para-hydroxylation sites is 1. The summed E-state index contributed by atoms with van der Waals surface area (Å²) in [5.41, 5.74) is 1.72. The van der Waals surface area contributed by atoms with Crippen LogP contribution < -0.4 is 5.01 Å². The van der Waals surface area contributed by atoms with Crippen molar-refractivity contribution >= 4 is 33.9 Å². The van der Waals surface area contributed by atoms with Crippen molar-refractivity contribution in [3.63, 3.8) is 0 Å². The summed E-state index contributed by atoms with van der Waals surface area (Å²) in [6.07, 6.45) is 0. The molecule has 0 fully saturated rings. The summed E-state index contributed by atoms with van der Waals surface area (Å²) in [6.45, 7) is 1.73. The minimum absolute atomic E-state index is 0.213. The molecule has 4 nitrogen and oxygen atoms in total. The number of amides is 1. The minimum Gasteiger partial charge on any atom is -0.293 e. The number of carbonyl (C=O) groups is 2. The highest BCUT2D eigenvalue weighted by atomic mass is 16.2. The Morgan fingerprint density at radius 3 is 2.36 bits per heavy atom. The van der Waals surface area contributed by atoms with Crippen LogP contribution in [0.1, 0.15) is 17.3 Å². The van der Waals surface area contributed by atoms with Crippen LogP contribution in [0.5, 0.6) is 0 Å². The van der Waals surface area contributed by atoms with E-state index in [0.717, 1.165) is 10.8 Å².